The lowest BCUT2D eigenvalue weighted by molar-refractivity contribution is -0.112. The van der Waals surface area contributed by atoms with Gasteiger partial charge in [-0.25, -0.2) is 8.42 Å². The van der Waals surface area contributed by atoms with Gasteiger partial charge in [-0.1, -0.05) is 30.4 Å². The molecule has 1 aromatic heterocycles. The second kappa shape index (κ2) is 9.75. The molecule has 0 saturated carbocycles. The molecule has 188 valence electrons. The fourth-order valence-electron chi connectivity index (χ4n) is 4.44. The summed E-state index contributed by atoms with van der Waals surface area (Å²) in [5.74, 6) is -0.705. The molecule has 4 rings (SSSR count). The molecule has 0 radical (unpaired) electrons. The van der Waals surface area contributed by atoms with Crippen LogP contribution in [0.2, 0.25) is 0 Å². The molecule has 0 spiro atoms. The average Bonchev–Trinajstić information content (AvgIpc) is 3.29. The van der Waals surface area contributed by atoms with E-state index in [0.717, 1.165) is 33.3 Å². The van der Waals surface area contributed by atoms with Gasteiger partial charge in [-0.15, -0.1) is 0 Å². The topological polar surface area (TPSA) is 125 Å². The number of carbonyl (C=O) groups excluding carboxylic acids is 2. The van der Waals surface area contributed by atoms with Crippen LogP contribution in [0.5, 0.6) is 0 Å². The maximum Gasteiger partial charge on any atom is 0.250 e. The minimum atomic E-state index is -3.26. The summed E-state index contributed by atoms with van der Waals surface area (Å²) in [4.78, 5) is 28.0. The van der Waals surface area contributed by atoms with E-state index in [1.165, 1.54) is 10.6 Å². The minimum Gasteiger partial charge on any atom is -0.366 e. The number of carbonyl (C=O) groups is 2. The third kappa shape index (κ3) is 4.84. The van der Waals surface area contributed by atoms with Crippen molar-refractivity contribution in [3.63, 3.8) is 0 Å². The summed E-state index contributed by atoms with van der Waals surface area (Å²) in [7, 11) is -3.26. The van der Waals surface area contributed by atoms with Gasteiger partial charge in [-0.3, -0.25) is 9.59 Å². The molecule has 4 N–H and O–H groups in total. The molecule has 9 heteroatoms. The molecule has 1 aliphatic rings. The number of aromatic amines is 1. The van der Waals surface area contributed by atoms with Gasteiger partial charge in [0, 0.05) is 35.4 Å². The van der Waals surface area contributed by atoms with Gasteiger partial charge in [0.25, 0.3) is 11.8 Å². The lowest BCUT2D eigenvalue weighted by atomic mass is 9.94. The van der Waals surface area contributed by atoms with Crippen molar-refractivity contribution in [2.24, 2.45) is 5.73 Å². The van der Waals surface area contributed by atoms with E-state index < -0.39 is 15.9 Å². The number of benzene rings is 2. The Bertz CT molecular complexity index is 1550. The van der Waals surface area contributed by atoms with Crippen LogP contribution in [0.1, 0.15) is 41.9 Å². The number of amides is 2. The number of sulfonamides is 1. The molecule has 0 atom stereocenters. The van der Waals surface area contributed by atoms with Gasteiger partial charge < -0.3 is 16.0 Å². The molecule has 0 bridgehead atoms. The van der Waals surface area contributed by atoms with Gasteiger partial charge >= 0.3 is 0 Å². The molecule has 2 amide bonds. The highest BCUT2D eigenvalue weighted by molar-refractivity contribution is 7.88. The first-order valence-electron chi connectivity index (χ1n) is 11.7. The van der Waals surface area contributed by atoms with Crippen LogP contribution in [0.15, 0.2) is 54.1 Å². The number of allylic oxidation sites excluding steroid dienone is 1. The number of fused-ring (bicyclic) bond motifs is 1. The zero-order chi connectivity index (χ0) is 26.2. The molecule has 8 nitrogen and oxygen atoms in total. The Morgan fingerprint density at radius 2 is 1.92 bits per heavy atom. The third-order valence-corrected chi connectivity index (χ3v) is 7.98. The molecular weight excluding hydrogens is 476 g/mol. The van der Waals surface area contributed by atoms with Gasteiger partial charge in [-0.05, 0) is 67.7 Å². The van der Waals surface area contributed by atoms with E-state index in [4.69, 9.17) is 5.73 Å². The Morgan fingerprint density at radius 1 is 1.17 bits per heavy atom. The second-order valence-electron chi connectivity index (χ2n) is 9.00. The number of H-pyrrole nitrogens is 1. The highest BCUT2D eigenvalue weighted by atomic mass is 32.2. The predicted octanol–water partition coefficient (Wildman–Crippen LogP) is 4.20. The molecule has 0 unspecified atom stereocenters. The average molecular weight is 507 g/mol. The smallest absolute Gasteiger partial charge is 0.250 e. The van der Waals surface area contributed by atoms with Crippen LogP contribution in [0, 0.1) is 6.92 Å². The first kappa shape index (κ1) is 25.4. The number of hydrogen-bond acceptors (Lipinski definition) is 4. The van der Waals surface area contributed by atoms with Crippen LogP contribution >= 0.6 is 0 Å². The number of rotatable bonds is 6. The zero-order valence-electron chi connectivity index (χ0n) is 20.8. The molecule has 36 heavy (non-hydrogen) atoms. The van der Waals surface area contributed by atoms with E-state index in [1.54, 1.807) is 19.1 Å². The summed E-state index contributed by atoms with van der Waals surface area (Å²) in [6, 6.07) is 11.3. The quantitative estimate of drug-likeness (QED) is 0.433. The SMILES string of the molecule is C/C=C(/C)C(=O)Nc1cccc(-c2ccc(C(N)=O)c3[nH]c(C4=CCN(S(C)(=O)=O)CC4)cc23)c1C. The number of nitrogens with one attached hydrogen (secondary N) is 2. The van der Waals surface area contributed by atoms with Crippen LogP contribution < -0.4 is 11.1 Å². The summed E-state index contributed by atoms with van der Waals surface area (Å²) in [5.41, 5.74) is 12.5. The number of aromatic nitrogens is 1. The Morgan fingerprint density at radius 3 is 2.53 bits per heavy atom. The number of nitrogens with two attached hydrogens (primary N) is 1. The molecule has 3 aromatic rings. The van der Waals surface area contributed by atoms with Gasteiger partial charge in [0.15, 0.2) is 0 Å². The second-order valence-corrected chi connectivity index (χ2v) is 11.0. The zero-order valence-corrected chi connectivity index (χ0v) is 21.6. The van der Waals surface area contributed by atoms with E-state index in [-0.39, 0.29) is 5.91 Å². The summed E-state index contributed by atoms with van der Waals surface area (Å²) < 4.78 is 25.2. The van der Waals surface area contributed by atoms with Crippen molar-refractivity contribution in [3.05, 3.63) is 70.9 Å². The van der Waals surface area contributed by atoms with E-state index in [9.17, 15) is 18.0 Å². The van der Waals surface area contributed by atoms with Crippen molar-refractivity contribution in [2.75, 3.05) is 24.7 Å². The Hall–Kier alpha value is -3.69. The number of nitrogens with zero attached hydrogens (tertiary/aromatic N) is 1. The summed E-state index contributed by atoms with van der Waals surface area (Å²) in [6.07, 6.45) is 5.41. The van der Waals surface area contributed by atoms with E-state index in [2.05, 4.69) is 10.3 Å². The van der Waals surface area contributed by atoms with Crippen LogP contribution in [-0.4, -0.2) is 48.9 Å². The third-order valence-electron chi connectivity index (χ3n) is 6.71. The van der Waals surface area contributed by atoms with E-state index >= 15 is 0 Å². The predicted molar refractivity (Wildman–Crippen MR) is 144 cm³/mol. The van der Waals surface area contributed by atoms with Gasteiger partial charge in [0.1, 0.15) is 0 Å². The van der Waals surface area contributed by atoms with Crippen LogP contribution in [0.3, 0.4) is 0 Å². The van der Waals surface area contributed by atoms with Gasteiger partial charge in [-0.2, -0.15) is 4.31 Å². The Labute approximate surface area is 210 Å². The standard InChI is InChI=1S/C27H30N4O4S/c1-5-16(2)27(33)30-23-8-6-7-19(17(23)3)20-9-10-21(26(28)32)25-22(20)15-24(29-25)18-11-13-31(14-12-18)36(4,34)35/h5-11,15,29H,12-14H2,1-4H3,(H2,28,32)(H,30,33)/b16-5-. The number of anilines is 1. The first-order chi connectivity index (χ1) is 17.0. The lowest BCUT2D eigenvalue weighted by Crippen LogP contribution is -2.33. The molecule has 0 aliphatic carbocycles. The monoisotopic (exact) mass is 506 g/mol. The Balaban J connectivity index is 1.82. The minimum absolute atomic E-state index is 0.164. The molecule has 2 aromatic carbocycles. The van der Waals surface area contributed by atoms with Crippen molar-refractivity contribution >= 4 is 44.0 Å². The summed E-state index contributed by atoms with van der Waals surface area (Å²) in [5, 5.41) is 3.79. The fraction of sp³-hybridized carbons (Fsp3) is 0.259. The Kier molecular flexibility index (Phi) is 6.88. The van der Waals surface area contributed by atoms with Crippen molar-refractivity contribution in [3.8, 4) is 11.1 Å². The van der Waals surface area contributed by atoms with Gasteiger partial charge in [0.05, 0.1) is 17.3 Å². The van der Waals surface area contributed by atoms with Crippen molar-refractivity contribution in [1.82, 2.24) is 9.29 Å². The number of hydrogen-bond donors (Lipinski definition) is 3. The summed E-state index contributed by atoms with van der Waals surface area (Å²) >= 11 is 0. The number of primary amides is 1. The van der Waals surface area contributed by atoms with E-state index in [1.807, 2.05) is 50.3 Å². The largest absolute Gasteiger partial charge is 0.366 e. The van der Waals surface area contributed by atoms with Crippen molar-refractivity contribution in [1.29, 1.82) is 0 Å². The van der Waals surface area contributed by atoms with Crippen molar-refractivity contribution in [2.45, 2.75) is 27.2 Å². The molecule has 1 aliphatic heterocycles. The van der Waals surface area contributed by atoms with Crippen LogP contribution in [0.25, 0.3) is 27.6 Å². The molecule has 0 saturated heterocycles. The molecular formula is C27H30N4O4S. The lowest BCUT2D eigenvalue weighted by Gasteiger charge is -2.23. The van der Waals surface area contributed by atoms with Crippen LogP contribution in [0.4, 0.5) is 5.69 Å². The van der Waals surface area contributed by atoms with Crippen LogP contribution in [-0.2, 0) is 14.8 Å². The normalized spacial score (nSPS) is 15.1. The fourth-order valence-corrected chi connectivity index (χ4v) is 5.21. The van der Waals surface area contributed by atoms with Crippen molar-refractivity contribution < 1.29 is 18.0 Å². The summed E-state index contributed by atoms with van der Waals surface area (Å²) in [6.45, 7) is 6.21. The first-order valence-corrected chi connectivity index (χ1v) is 13.5. The maximum absolute atomic E-state index is 12.5. The highest BCUT2D eigenvalue weighted by Crippen LogP contribution is 2.37. The molecule has 2 heterocycles. The van der Waals surface area contributed by atoms with E-state index in [0.29, 0.717) is 41.9 Å². The highest BCUT2D eigenvalue weighted by Gasteiger charge is 2.23. The molecule has 0 fully saturated rings. The maximum atomic E-state index is 12.5. The van der Waals surface area contributed by atoms with Gasteiger partial charge in [0.2, 0.25) is 10.0 Å².